The van der Waals surface area contributed by atoms with Crippen molar-refractivity contribution in [3.63, 3.8) is 0 Å². The lowest BCUT2D eigenvalue weighted by Gasteiger charge is -2.33. The van der Waals surface area contributed by atoms with Crippen LogP contribution < -0.4 is 25.7 Å². The molecule has 0 atom stereocenters. The molecule has 0 aromatic heterocycles. The van der Waals surface area contributed by atoms with Crippen LogP contribution in [0.5, 0.6) is 17.2 Å². The number of rotatable bonds is 24. The first kappa shape index (κ1) is 56.0. The van der Waals surface area contributed by atoms with Crippen LogP contribution in [0.3, 0.4) is 0 Å². The van der Waals surface area contributed by atoms with Gasteiger partial charge in [0.1, 0.15) is 30.5 Å². The van der Waals surface area contributed by atoms with Gasteiger partial charge in [0.2, 0.25) is 0 Å². The van der Waals surface area contributed by atoms with Gasteiger partial charge in [-0.2, -0.15) is 26.3 Å². The summed E-state index contributed by atoms with van der Waals surface area (Å²) in [5.41, 5.74) is 16.2. The Bertz CT molecular complexity index is 2670. The van der Waals surface area contributed by atoms with Gasteiger partial charge in [0.25, 0.3) is 0 Å². The van der Waals surface area contributed by atoms with Crippen LogP contribution in [0.25, 0.3) is 12.2 Å². The number of esters is 4. The molecule has 0 amide bonds. The highest BCUT2D eigenvalue weighted by Gasteiger charge is 2.35. The van der Waals surface area contributed by atoms with Crippen molar-refractivity contribution in [1.29, 1.82) is 0 Å². The second-order valence-corrected chi connectivity index (χ2v) is 17.7. The van der Waals surface area contributed by atoms with Gasteiger partial charge in [0, 0.05) is 41.8 Å². The average Bonchev–Trinajstić information content (AvgIpc) is 3.38. The number of unbranched alkanes of at least 4 members (excludes halogenated alkanes) is 1. The van der Waals surface area contributed by atoms with Gasteiger partial charge in [-0.15, -0.1) is 0 Å². The molecular formula is C58H54F6N2O9. The molecular weight excluding hydrogens is 983 g/mol. The van der Waals surface area contributed by atoms with Gasteiger partial charge in [-0.25, -0.2) is 19.2 Å². The van der Waals surface area contributed by atoms with Crippen molar-refractivity contribution in [2.45, 2.75) is 63.7 Å². The van der Waals surface area contributed by atoms with Crippen LogP contribution in [-0.4, -0.2) is 56.1 Å². The summed E-state index contributed by atoms with van der Waals surface area (Å²) in [5, 5.41) is 0. The van der Waals surface area contributed by atoms with E-state index >= 15 is 0 Å². The zero-order valence-corrected chi connectivity index (χ0v) is 40.5. The maximum absolute atomic E-state index is 13.4. The molecule has 11 nitrogen and oxygen atoms in total. The Balaban J connectivity index is 1.06. The van der Waals surface area contributed by atoms with Crippen LogP contribution in [-0.2, 0) is 38.3 Å². The number of ether oxygens (including phenoxy) is 5. The Kier molecular flexibility index (Phi) is 19.8. The highest BCUT2D eigenvalue weighted by atomic mass is 19.4. The summed E-state index contributed by atoms with van der Waals surface area (Å²) >= 11 is 0. The molecule has 6 rings (SSSR count). The number of aryl methyl sites for hydroxylation is 1. The van der Waals surface area contributed by atoms with Gasteiger partial charge in [-0.1, -0.05) is 60.7 Å². The second-order valence-electron chi connectivity index (χ2n) is 17.7. The van der Waals surface area contributed by atoms with Gasteiger partial charge in [-0.05, 0) is 163 Å². The molecule has 0 saturated heterocycles. The molecule has 0 unspecified atom stereocenters. The van der Waals surface area contributed by atoms with E-state index in [0.717, 1.165) is 16.7 Å². The zero-order chi connectivity index (χ0) is 53.9. The summed E-state index contributed by atoms with van der Waals surface area (Å²) in [6, 6.07) is 39.3. The van der Waals surface area contributed by atoms with Crippen LogP contribution in [0, 0.1) is 5.41 Å². The summed E-state index contributed by atoms with van der Waals surface area (Å²) in [6.45, 7) is -0.496. The number of halogens is 6. The summed E-state index contributed by atoms with van der Waals surface area (Å²) in [6.07, 6.45) is -3.50. The number of hydrogen-bond donors (Lipinski definition) is 2. The Morgan fingerprint density at radius 2 is 0.840 bits per heavy atom. The lowest BCUT2D eigenvalue weighted by Crippen LogP contribution is -2.38. The molecule has 0 aliphatic rings. The minimum Gasteiger partial charge on any atom is -0.494 e. The Morgan fingerprint density at radius 3 is 1.27 bits per heavy atom. The highest BCUT2D eigenvalue weighted by Crippen LogP contribution is 2.32. The molecule has 6 aromatic carbocycles. The molecule has 17 heteroatoms. The summed E-state index contributed by atoms with van der Waals surface area (Å²) in [7, 11) is 0. The lowest BCUT2D eigenvalue weighted by molar-refractivity contribution is -0.148. The van der Waals surface area contributed by atoms with E-state index in [4.69, 9.17) is 35.2 Å². The minimum absolute atomic E-state index is 0.0219. The maximum atomic E-state index is 13.4. The maximum Gasteiger partial charge on any atom is 0.389 e. The van der Waals surface area contributed by atoms with Gasteiger partial charge in [0.05, 0.1) is 17.7 Å². The normalized spacial score (nSPS) is 11.9. The first-order chi connectivity index (χ1) is 35.8. The number of benzene rings is 6. The molecule has 0 saturated carbocycles. The smallest absolute Gasteiger partial charge is 0.389 e. The van der Waals surface area contributed by atoms with E-state index in [2.05, 4.69) is 0 Å². The number of hydrogen-bond acceptors (Lipinski definition) is 11. The monoisotopic (exact) mass is 1040 g/mol. The molecule has 0 heterocycles. The van der Waals surface area contributed by atoms with Gasteiger partial charge >= 0.3 is 36.2 Å². The molecule has 0 spiro atoms. The van der Waals surface area contributed by atoms with E-state index in [1.165, 1.54) is 60.7 Å². The van der Waals surface area contributed by atoms with Crippen molar-refractivity contribution in [3.8, 4) is 17.2 Å². The first-order valence-electron chi connectivity index (χ1n) is 23.8. The number of nitrogen functional groups attached to an aromatic ring is 2. The van der Waals surface area contributed by atoms with Crippen molar-refractivity contribution in [2.75, 3.05) is 31.3 Å². The summed E-state index contributed by atoms with van der Waals surface area (Å²) in [5.74, 6) is -1.90. The van der Waals surface area contributed by atoms with E-state index in [1.807, 2.05) is 24.3 Å². The van der Waals surface area contributed by atoms with Crippen LogP contribution in [0.1, 0.15) is 80.6 Å². The standard InChI is InChI=1S/C58H54F6N2O9/c59-57(60,61)33-2-1-4-40-5-17-45(18-6-40)54(69)74-50-25-11-41(12-26-50)15-31-52(67)72-38-56(36-43-7-21-47(65)22-8-43,37-44-9-23-48(66)24-10-44)39-73-53(68)32-16-42-13-27-51(28-14-42)75-55(70)46-19-29-49(30-20-46)71-35-3-34-58(62,63)64/h5-32H,1-4,33-39,65-66H2. The molecule has 0 aliphatic carbocycles. The molecule has 392 valence electrons. The Morgan fingerprint density at radius 1 is 0.453 bits per heavy atom. The highest BCUT2D eigenvalue weighted by molar-refractivity contribution is 5.92. The number of carbonyl (C=O) groups excluding carboxylic acids is 4. The molecule has 6 aromatic rings. The van der Waals surface area contributed by atoms with E-state index < -0.39 is 54.5 Å². The van der Waals surface area contributed by atoms with Crippen molar-refractivity contribution in [3.05, 3.63) is 197 Å². The number of alkyl halides is 6. The predicted octanol–water partition coefficient (Wildman–Crippen LogP) is 12.6. The number of anilines is 2. The Labute approximate surface area is 429 Å². The van der Waals surface area contributed by atoms with Crippen molar-refractivity contribution in [1.82, 2.24) is 0 Å². The fourth-order valence-corrected chi connectivity index (χ4v) is 7.56. The van der Waals surface area contributed by atoms with Crippen molar-refractivity contribution >= 4 is 47.4 Å². The lowest BCUT2D eigenvalue weighted by atomic mass is 9.77. The molecule has 0 radical (unpaired) electrons. The third-order valence-electron chi connectivity index (χ3n) is 11.5. The SMILES string of the molecule is Nc1ccc(CC(COC(=O)C=Cc2ccc(OC(=O)c3ccc(CCCCC(F)(F)F)cc3)cc2)(COC(=O)C=Cc2ccc(OC(=O)c3ccc(OCCCC(F)(F)F)cc3)cc2)Cc2ccc(N)cc2)cc1. The second kappa shape index (κ2) is 26.6. The van der Waals surface area contributed by atoms with Gasteiger partial charge in [-0.3, -0.25) is 0 Å². The topological polar surface area (TPSA) is 166 Å². The van der Waals surface area contributed by atoms with Crippen LogP contribution in [0.15, 0.2) is 158 Å². The molecule has 0 aliphatic heterocycles. The van der Waals surface area contributed by atoms with E-state index in [0.29, 0.717) is 53.9 Å². The average molecular weight is 1040 g/mol. The fraction of sp³-hybridized carbons (Fsp3) is 0.241. The third-order valence-corrected chi connectivity index (χ3v) is 11.5. The first-order valence-corrected chi connectivity index (χ1v) is 23.8. The van der Waals surface area contributed by atoms with Crippen molar-refractivity contribution in [2.24, 2.45) is 5.41 Å². The predicted molar refractivity (Wildman–Crippen MR) is 272 cm³/mol. The number of nitrogens with two attached hydrogens (primary N) is 2. The van der Waals surface area contributed by atoms with Crippen LogP contribution >= 0.6 is 0 Å². The quantitative estimate of drug-likeness (QED) is 0.0148. The minimum atomic E-state index is -4.27. The molecule has 75 heavy (non-hydrogen) atoms. The van der Waals surface area contributed by atoms with Crippen molar-refractivity contribution < 1.29 is 69.2 Å². The summed E-state index contributed by atoms with van der Waals surface area (Å²) in [4.78, 5) is 52.3. The van der Waals surface area contributed by atoms with Crippen LogP contribution in [0.2, 0.25) is 0 Å². The molecule has 0 bridgehead atoms. The number of carbonyl (C=O) groups is 4. The van der Waals surface area contributed by atoms with E-state index in [9.17, 15) is 45.5 Å². The van der Waals surface area contributed by atoms with E-state index in [-0.39, 0.29) is 55.3 Å². The third kappa shape index (κ3) is 19.9. The van der Waals surface area contributed by atoms with Gasteiger partial charge < -0.3 is 35.2 Å². The molecule has 4 N–H and O–H groups in total. The summed E-state index contributed by atoms with van der Waals surface area (Å²) < 4.78 is 103. The fourth-order valence-electron chi connectivity index (χ4n) is 7.56. The zero-order valence-electron chi connectivity index (χ0n) is 40.5. The van der Waals surface area contributed by atoms with Gasteiger partial charge in [0.15, 0.2) is 0 Å². The van der Waals surface area contributed by atoms with Crippen LogP contribution in [0.4, 0.5) is 37.7 Å². The van der Waals surface area contributed by atoms with E-state index in [1.54, 1.807) is 84.9 Å². The largest absolute Gasteiger partial charge is 0.494 e. The molecule has 0 fully saturated rings. The Hall–Kier alpha value is -8.34.